The lowest BCUT2D eigenvalue weighted by molar-refractivity contribution is -0.122. The fourth-order valence-electron chi connectivity index (χ4n) is 3.62. The highest BCUT2D eigenvalue weighted by Gasteiger charge is 2.34. The molecule has 0 saturated carbocycles. The van der Waals surface area contributed by atoms with Crippen molar-refractivity contribution in [3.63, 3.8) is 0 Å². The summed E-state index contributed by atoms with van der Waals surface area (Å²) in [6.45, 7) is 2.31. The number of nitrogens with two attached hydrogens (primary N) is 1. The second-order valence-electron chi connectivity index (χ2n) is 7.08. The summed E-state index contributed by atoms with van der Waals surface area (Å²) >= 11 is 5.27. The molecular formula is C23H20N4O4S. The monoisotopic (exact) mass is 448 g/mol. The lowest BCUT2D eigenvalue weighted by Gasteiger charge is -2.29. The molecule has 0 atom stereocenters. The highest BCUT2D eigenvalue weighted by atomic mass is 32.1. The van der Waals surface area contributed by atoms with Crippen LogP contribution in [0.25, 0.3) is 17.0 Å². The predicted molar refractivity (Wildman–Crippen MR) is 125 cm³/mol. The SMILES string of the molecule is CCOc1cccc(N2C(=O)/C(=C/c3cn(CC(N)=O)c4ccccc34)C(=O)NC2=S)c1. The van der Waals surface area contributed by atoms with E-state index in [1.54, 1.807) is 35.0 Å². The Balaban J connectivity index is 1.77. The summed E-state index contributed by atoms with van der Waals surface area (Å²) < 4.78 is 7.19. The van der Waals surface area contributed by atoms with Crippen LogP contribution in [0.2, 0.25) is 0 Å². The van der Waals surface area contributed by atoms with Crippen LogP contribution >= 0.6 is 12.2 Å². The summed E-state index contributed by atoms with van der Waals surface area (Å²) in [4.78, 5) is 38.7. The number of nitrogens with one attached hydrogen (secondary N) is 1. The van der Waals surface area contributed by atoms with Crippen molar-refractivity contribution in [2.75, 3.05) is 11.5 Å². The third-order valence-corrected chi connectivity index (χ3v) is 5.22. The number of anilines is 1. The van der Waals surface area contributed by atoms with E-state index in [0.29, 0.717) is 23.6 Å². The Morgan fingerprint density at radius 3 is 2.72 bits per heavy atom. The van der Waals surface area contributed by atoms with Crippen molar-refractivity contribution in [3.8, 4) is 5.75 Å². The van der Waals surface area contributed by atoms with Crippen LogP contribution in [0.1, 0.15) is 12.5 Å². The second kappa shape index (κ2) is 8.64. The Morgan fingerprint density at radius 2 is 1.97 bits per heavy atom. The molecule has 1 aliphatic rings. The lowest BCUT2D eigenvalue weighted by atomic mass is 10.1. The van der Waals surface area contributed by atoms with Gasteiger partial charge in [0.2, 0.25) is 5.91 Å². The number of nitrogens with zero attached hydrogens (tertiary/aromatic N) is 2. The van der Waals surface area contributed by atoms with Gasteiger partial charge in [-0.25, -0.2) is 0 Å². The summed E-state index contributed by atoms with van der Waals surface area (Å²) in [6, 6.07) is 14.3. The van der Waals surface area contributed by atoms with Crippen LogP contribution < -0.4 is 20.7 Å². The first kappa shape index (κ1) is 21.3. The fourth-order valence-corrected chi connectivity index (χ4v) is 3.90. The van der Waals surface area contributed by atoms with Crippen molar-refractivity contribution in [1.29, 1.82) is 0 Å². The quantitative estimate of drug-likeness (QED) is 0.342. The van der Waals surface area contributed by atoms with E-state index < -0.39 is 17.7 Å². The Labute approximate surface area is 189 Å². The van der Waals surface area contributed by atoms with Gasteiger partial charge in [0.15, 0.2) is 5.11 Å². The molecule has 1 saturated heterocycles. The normalized spacial score (nSPS) is 15.3. The minimum absolute atomic E-state index is 0.0121. The van der Waals surface area contributed by atoms with Crippen LogP contribution in [0.3, 0.4) is 0 Å². The molecule has 162 valence electrons. The van der Waals surface area contributed by atoms with Gasteiger partial charge in [-0.05, 0) is 43.4 Å². The molecule has 9 heteroatoms. The number of hydrogen-bond donors (Lipinski definition) is 2. The van der Waals surface area contributed by atoms with Crippen molar-refractivity contribution < 1.29 is 19.1 Å². The van der Waals surface area contributed by atoms with Crippen molar-refractivity contribution in [3.05, 3.63) is 65.9 Å². The first-order chi connectivity index (χ1) is 15.4. The van der Waals surface area contributed by atoms with Crippen molar-refractivity contribution in [1.82, 2.24) is 9.88 Å². The molecule has 1 aromatic heterocycles. The molecule has 1 aliphatic heterocycles. The van der Waals surface area contributed by atoms with E-state index in [1.165, 1.54) is 11.0 Å². The zero-order chi connectivity index (χ0) is 22.8. The topological polar surface area (TPSA) is 107 Å². The van der Waals surface area contributed by atoms with Gasteiger partial charge in [0.05, 0.1) is 12.3 Å². The minimum atomic E-state index is -0.594. The number of carbonyl (C=O) groups is 3. The van der Waals surface area contributed by atoms with E-state index in [9.17, 15) is 14.4 Å². The van der Waals surface area contributed by atoms with Gasteiger partial charge in [-0.15, -0.1) is 0 Å². The van der Waals surface area contributed by atoms with Crippen molar-refractivity contribution in [2.24, 2.45) is 5.73 Å². The molecule has 0 radical (unpaired) electrons. The molecule has 8 nitrogen and oxygen atoms in total. The molecule has 0 aliphatic carbocycles. The number of ether oxygens (including phenoxy) is 1. The van der Waals surface area contributed by atoms with Crippen molar-refractivity contribution >= 4 is 57.7 Å². The predicted octanol–water partition coefficient (Wildman–Crippen LogP) is 2.36. The Bertz CT molecular complexity index is 1290. The van der Waals surface area contributed by atoms with Crippen LogP contribution in [0.5, 0.6) is 5.75 Å². The second-order valence-corrected chi connectivity index (χ2v) is 7.47. The zero-order valence-electron chi connectivity index (χ0n) is 17.2. The Morgan fingerprint density at radius 1 is 1.19 bits per heavy atom. The number of thiocarbonyl (C=S) groups is 1. The van der Waals surface area contributed by atoms with E-state index in [1.807, 2.05) is 31.2 Å². The van der Waals surface area contributed by atoms with E-state index in [2.05, 4.69) is 5.32 Å². The smallest absolute Gasteiger partial charge is 0.270 e. The largest absolute Gasteiger partial charge is 0.494 e. The number of amides is 3. The number of carbonyl (C=O) groups excluding carboxylic acids is 3. The molecule has 32 heavy (non-hydrogen) atoms. The van der Waals surface area contributed by atoms with Crippen LogP contribution in [-0.4, -0.2) is 34.0 Å². The summed E-state index contributed by atoms with van der Waals surface area (Å²) in [7, 11) is 0. The average Bonchev–Trinajstić information content (AvgIpc) is 3.08. The zero-order valence-corrected chi connectivity index (χ0v) is 18.0. The summed E-state index contributed by atoms with van der Waals surface area (Å²) in [5.74, 6) is -1.07. The summed E-state index contributed by atoms with van der Waals surface area (Å²) in [5.41, 5.74) is 7.13. The number of para-hydroxylation sites is 1. The van der Waals surface area contributed by atoms with E-state index in [0.717, 1.165) is 10.9 Å². The van der Waals surface area contributed by atoms with Gasteiger partial charge < -0.3 is 15.0 Å². The summed E-state index contributed by atoms with van der Waals surface area (Å²) in [6.07, 6.45) is 3.19. The molecule has 3 amide bonds. The molecule has 0 bridgehead atoms. The Hall–Kier alpha value is -3.98. The lowest BCUT2D eigenvalue weighted by Crippen LogP contribution is -2.54. The van der Waals surface area contributed by atoms with Crippen LogP contribution in [0.15, 0.2) is 60.3 Å². The van der Waals surface area contributed by atoms with Gasteiger partial charge in [-0.2, -0.15) is 0 Å². The summed E-state index contributed by atoms with van der Waals surface area (Å²) in [5, 5.41) is 3.34. The highest BCUT2D eigenvalue weighted by molar-refractivity contribution is 7.80. The first-order valence-corrected chi connectivity index (χ1v) is 10.3. The molecule has 3 N–H and O–H groups in total. The molecule has 0 spiro atoms. The third-order valence-electron chi connectivity index (χ3n) is 4.93. The number of aromatic nitrogens is 1. The maximum Gasteiger partial charge on any atom is 0.270 e. The molecule has 4 rings (SSSR count). The van der Waals surface area contributed by atoms with Gasteiger partial charge in [0, 0.05) is 28.7 Å². The Kier molecular flexibility index (Phi) is 5.74. The molecule has 3 aromatic rings. The minimum Gasteiger partial charge on any atom is -0.494 e. The van der Waals surface area contributed by atoms with Crippen LogP contribution in [-0.2, 0) is 20.9 Å². The molecule has 2 heterocycles. The maximum absolute atomic E-state index is 13.3. The van der Waals surface area contributed by atoms with Gasteiger partial charge in [0.1, 0.15) is 17.9 Å². The number of primary amides is 1. The number of hydrogen-bond acceptors (Lipinski definition) is 5. The van der Waals surface area contributed by atoms with Crippen molar-refractivity contribution in [2.45, 2.75) is 13.5 Å². The van der Waals surface area contributed by atoms with E-state index in [4.69, 9.17) is 22.7 Å². The number of benzene rings is 2. The molecule has 2 aromatic carbocycles. The van der Waals surface area contributed by atoms with Crippen LogP contribution in [0.4, 0.5) is 5.69 Å². The van der Waals surface area contributed by atoms with E-state index in [-0.39, 0.29) is 17.2 Å². The van der Waals surface area contributed by atoms with E-state index >= 15 is 0 Å². The number of rotatable bonds is 6. The number of fused-ring (bicyclic) bond motifs is 1. The molecule has 1 fully saturated rings. The van der Waals surface area contributed by atoms with Crippen LogP contribution in [0, 0.1) is 0 Å². The van der Waals surface area contributed by atoms with Gasteiger partial charge in [-0.1, -0.05) is 24.3 Å². The van der Waals surface area contributed by atoms with Gasteiger partial charge in [0.25, 0.3) is 11.8 Å². The standard InChI is InChI=1S/C23H20N4O4S/c1-2-31-16-7-5-6-15(11-16)27-22(30)18(21(29)25-23(27)32)10-14-12-26(13-20(24)28)19-9-4-3-8-17(14)19/h3-12H,2,13H2,1H3,(H2,24,28)(H,25,29,32)/b18-10+. The molecule has 0 unspecified atom stereocenters. The maximum atomic E-state index is 13.3. The highest BCUT2D eigenvalue weighted by Crippen LogP contribution is 2.28. The first-order valence-electron chi connectivity index (χ1n) is 9.89. The average molecular weight is 449 g/mol. The van der Waals surface area contributed by atoms with Gasteiger partial charge in [-0.3, -0.25) is 24.6 Å². The molecular weight excluding hydrogens is 428 g/mol. The van der Waals surface area contributed by atoms with Gasteiger partial charge >= 0.3 is 0 Å². The fraction of sp³-hybridized carbons (Fsp3) is 0.130. The third kappa shape index (κ3) is 3.97.